The fraction of sp³-hybridized carbons (Fsp3) is 0.667. The van der Waals surface area contributed by atoms with Gasteiger partial charge in [0.15, 0.2) is 5.82 Å². The molecule has 0 unspecified atom stereocenters. The maximum absolute atomic E-state index is 12.0. The maximum atomic E-state index is 12.0. The van der Waals surface area contributed by atoms with E-state index in [-0.39, 0.29) is 12.6 Å². The minimum atomic E-state index is -0.796. The van der Waals surface area contributed by atoms with Crippen LogP contribution < -0.4 is 5.32 Å². The van der Waals surface area contributed by atoms with Crippen LogP contribution in [0, 0.1) is 5.41 Å². The number of likely N-dealkylation sites (tertiary alicyclic amines) is 1. The van der Waals surface area contributed by atoms with Crippen LogP contribution in [0.5, 0.6) is 0 Å². The van der Waals surface area contributed by atoms with Crippen molar-refractivity contribution in [2.75, 3.05) is 13.1 Å². The van der Waals surface area contributed by atoms with Crippen molar-refractivity contribution in [1.29, 1.82) is 0 Å². The molecule has 1 aliphatic heterocycles. The fourth-order valence-corrected chi connectivity index (χ4v) is 2.15. The van der Waals surface area contributed by atoms with Gasteiger partial charge in [0.25, 0.3) is 0 Å². The average molecular weight is 281 g/mol. The lowest BCUT2D eigenvalue weighted by molar-refractivity contribution is -0.150. The van der Waals surface area contributed by atoms with E-state index in [4.69, 9.17) is 5.11 Å². The predicted molar refractivity (Wildman–Crippen MR) is 69.8 cm³/mol. The lowest BCUT2D eigenvalue weighted by Gasteiger charge is -2.36. The molecule has 2 rings (SSSR count). The molecular weight excluding hydrogens is 262 g/mol. The van der Waals surface area contributed by atoms with E-state index in [1.165, 1.54) is 0 Å². The van der Waals surface area contributed by atoms with Crippen molar-refractivity contribution >= 4 is 12.0 Å². The van der Waals surface area contributed by atoms with E-state index in [1.807, 2.05) is 0 Å². The molecule has 0 saturated carbocycles. The summed E-state index contributed by atoms with van der Waals surface area (Å²) >= 11 is 0. The van der Waals surface area contributed by atoms with Gasteiger partial charge in [0, 0.05) is 20.1 Å². The number of hydrogen-bond donors (Lipinski definition) is 2. The van der Waals surface area contributed by atoms with E-state index >= 15 is 0 Å². The molecule has 1 aliphatic rings. The fourth-order valence-electron chi connectivity index (χ4n) is 2.15. The first kappa shape index (κ1) is 14.3. The molecule has 0 aliphatic carbocycles. The summed E-state index contributed by atoms with van der Waals surface area (Å²) < 4.78 is 1.57. The molecule has 0 bridgehead atoms. The van der Waals surface area contributed by atoms with Gasteiger partial charge in [-0.25, -0.2) is 9.78 Å². The predicted octanol–water partition coefficient (Wildman–Crippen LogP) is 0.211. The van der Waals surface area contributed by atoms with Gasteiger partial charge in [-0.3, -0.25) is 9.48 Å². The van der Waals surface area contributed by atoms with Crippen LogP contribution >= 0.6 is 0 Å². The van der Waals surface area contributed by atoms with Crippen LogP contribution in [0.3, 0.4) is 0 Å². The summed E-state index contributed by atoms with van der Waals surface area (Å²) in [7, 11) is 1.76. The van der Waals surface area contributed by atoms with Gasteiger partial charge in [0.05, 0.1) is 12.0 Å². The molecule has 110 valence electrons. The normalized spacial score (nSPS) is 17.8. The van der Waals surface area contributed by atoms with Crippen LogP contribution in [0.1, 0.15) is 25.6 Å². The summed E-state index contributed by atoms with van der Waals surface area (Å²) in [6.07, 6.45) is 2.51. The Morgan fingerprint density at radius 3 is 2.60 bits per heavy atom. The highest BCUT2D eigenvalue weighted by Gasteiger charge is 2.37. The Kier molecular flexibility index (Phi) is 3.91. The highest BCUT2D eigenvalue weighted by Crippen LogP contribution is 2.30. The van der Waals surface area contributed by atoms with Crippen LogP contribution in [0.15, 0.2) is 6.33 Å². The second kappa shape index (κ2) is 5.48. The zero-order valence-electron chi connectivity index (χ0n) is 11.7. The van der Waals surface area contributed by atoms with Gasteiger partial charge in [0.1, 0.15) is 6.33 Å². The second-order valence-electron chi connectivity index (χ2n) is 5.35. The topological polar surface area (TPSA) is 100 Å². The van der Waals surface area contributed by atoms with E-state index in [0.29, 0.717) is 31.8 Å². The SMILES string of the molecule is Cn1cnc(CNC(=O)N2CCC(C)(C(=O)O)CC2)n1. The van der Waals surface area contributed by atoms with Crippen LogP contribution in [0.25, 0.3) is 0 Å². The van der Waals surface area contributed by atoms with Gasteiger partial charge in [-0.15, -0.1) is 0 Å². The summed E-state index contributed by atoms with van der Waals surface area (Å²) in [6.45, 7) is 2.89. The Hall–Kier alpha value is -2.12. The van der Waals surface area contributed by atoms with E-state index in [1.54, 1.807) is 29.9 Å². The molecule has 1 aromatic rings. The summed E-state index contributed by atoms with van der Waals surface area (Å²) in [6, 6.07) is -0.204. The van der Waals surface area contributed by atoms with Gasteiger partial charge >= 0.3 is 12.0 Å². The standard InChI is InChI=1S/C12H19N5O3/c1-12(10(18)19)3-5-17(6-4-12)11(20)13-7-9-14-8-16(2)15-9/h8H,3-7H2,1-2H3,(H,13,20)(H,18,19). The first-order valence-electron chi connectivity index (χ1n) is 6.51. The van der Waals surface area contributed by atoms with Crippen molar-refractivity contribution in [3.05, 3.63) is 12.2 Å². The van der Waals surface area contributed by atoms with Crippen LogP contribution in [-0.2, 0) is 18.4 Å². The highest BCUT2D eigenvalue weighted by molar-refractivity contribution is 5.76. The number of nitrogens with zero attached hydrogens (tertiary/aromatic N) is 4. The minimum absolute atomic E-state index is 0.204. The highest BCUT2D eigenvalue weighted by atomic mass is 16.4. The van der Waals surface area contributed by atoms with Crippen molar-refractivity contribution in [3.63, 3.8) is 0 Å². The number of carboxylic acid groups (broad SMARTS) is 1. The zero-order valence-corrected chi connectivity index (χ0v) is 11.7. The number of hydrogen-bond acceptors (Lipinski definition) is 4. The van der Waals surface area contributed by atoms with Crippen LogP contribution in [0.4, 0.5) is 4.79 Å². The number of aromatic nitrogens is 3. The average Bonchev–Trinajstić information content (AvgIpc) is 2.82. The third-order valence-corrected chi connectivity index (χ3v) is 3.72. The molecule has 2 amide bonds. The number of carboxylic acids is 1. The summed E-state index contributed by atoms with van der Waals surface area (Å²) in [5.41, 5.74) is -0.723. The molecule has 0 aromatic carbocycles. The summed E-state index contributed by atoms with van der Waals surface area (Å²) in [5.74, 6) is -0.247. The van der Waals surface area contributed by atoms with Gasteiger partial charge in [-0.05, 0) is 19.8 Å². The van der Waals surface area contributed by atoms with Crippen molar-refractivity contribution in [3.8, 4) is 0 Å². The number of nitrogens with one attached hydrogen (secondary N) is 1. The van der Waals surface area contributed by atoms with E-state index in [9.17, 15) is 9.59 Å². The molecule has 1 saturated heterocycles. The van der Waals surface area contributed by atoms with Gasteiger partial charge in [-0.2, -0.15) is 5.10 Å². The molecule has 0 spiro atoms. The monoisotopic (exact) mass is 281 g/mol. The maximum Gasteiger partial charge on any atom is 0.317 e. The Morgan fingerprint density at radius 1 is 1.45 bits per heavy atom. The molecule has 0 radical (unpaired) electrons. The molecular formula is C12H19N5O3. The third kappa shape index (κ3) is 3.06. The lowest BCUT2D eigenvalue weighted by atomic mass is 9.80. The first-order chi connectivity index (χ1) is 9.40. The van der Waals surface area contributed by atoms with Crippen molar-refractivity contribution in [1.82, 2.24) is 25.0 Å². The Bertz CT molecular complexity index is 505. The lowest BCUT2D eigenvalue weighted by Crippen LogP contribution is -2.48. The number of rotatable bonds is 3. The van der Waals surface area contributed by atoms with E-state index < -0.39 is 11.4 Å². The second-order valence-corrected chi connectivity index (χ2v) is 5.35. The number of piperidine rings is 1. The Morgan fingerprint density at radius 2 is 2.10 bits per heavy atom. The van der Waals surface area contributed by atoms with Gasteiger partial charge in [-0.1, -0.05) is 0 Å². The molecule has 8 nitrogen and oxygen atoms in total. The van der Waals surface area contributed by atoms with Crippen LogP contribution in [0.2, 0.25) is 0 Å². The molecule has 2 heterocycles. The minimum Gasteiger partial charge on any atom is -0.481 e. The van der Waals surface area contributed by atoms with Crippen molar-refractivity contribution in [2.45, 2.75) is 26.3 Å². The largest absolute Gasteiger partial charge is 0.481 e. The smallest absolute Gasteiger partial charge is 0.317 e. The van der Waals surface area contributed by atoms with Gasteiger partial charge in [0.2, 0.25) is 0 Å². The molecule has 8 heteroatoms. The molecule has 0 atom stereocenters. The van der Waals surface area contributed by atoms with Crippen molar-refractivity contribution in [2.24, 2.45) is 12.5 Å². The number of carbonyl (C=O) groups excluding carboxylic acids is 1. The van der Waals surface area contributed by atoms with Crippen molar-refractivity contribution < 1.29 is 14.7 Å². The van der Waals surface area contributed by atoms with E-state index in [0.717, 1.165) is 0 Å². The summed E-state index contributed by atoms with van der Waals surface area (Å²) in [4.78, 5) is 28.7. The number of aryl methyl sites for hydroxylation is 1. The molecule has 2 N–H and O–H groups in total. The number of aliphatic carboxylic acids is 1. The van der Waals surface area contributed by atoms with E-state index in [2.05, 4.69) is 15.4 Å². The Labute approximate surface area is 116 Å². The quantitative estimate of drug-likeness (QED) is 0.825. The summed E-state index contributed by atoms with van der Waals surface area (Å²) in [5, 5.41) is 15.9. The number of amides is 2. The zero-order chi connectivity index (χ0) is 14.8. The first-order valence-corrected chi connectivity index (χ1v) is 6.51. The molecule has 20 heavy (non-hydrogen) atoms. The van der Waals surface area contributed by atoms with Gasteiger partial charge < -0.3 is 15.3 Å². The Balaban J connectivity index is 1.81. The molecule has 1 aromatic heterocycles. The third-order valence-electron chi connectivity index (χ3n) is 3.72. The molecule has 1 fully saturated rings. The number of urea groups is 1. The number of carbonyl (C=O) groups is 2. The van der Waals surface area contributed by atoms with Crippen LogP contribution in [-0.4, -0.2) is 49.9 Å².